The second-order valence-electron chi connectivity index (χ2n) is 5.07. The standard InChI is InChI=1S/C13H14F3NO3S/c1-21(19,20)11-5-6-17(8-11)12(18)9-3-2-4-10(7-9)13(14,15)16/h2-4,7,11H,5-6,8H2,1H3/t11-/m0/s1. The summed E-state index contributed by atoms with van der Waals surface area (Å²) < 4.78 is 60.7. The van der Waals surface area contributed by atoms with Gasteiger partial charge in [-0.1, -0.05) is 6.07 Å². The van der Waals surface area contributed by atoms with Gasteiger partial charge in [-0.05, 0) is 24.6 Å². The molecule has 1 fully saturated rings. The van der Waals surface area contributed by atoms with Crippen LogP contribution in [0.5, 0.6) is 0 Å². The van der Waals surface area contributed by atoms with Crippen LogP contribution in [0.2, 0.25) is 0 Å². The summed E-state index contributed by atoms with van der Waals surface area (Å²) in [6.07, 6.45) is -3.12. The second-order valence-corrected chi connectivity index (χ2v) is 7.40. The molecule has 0 bridgehead atoms. The quantitative estimate of drug-likeness (QED) is 0.837. The normalized spacial score (nSPS) is 19.8. The molecule has 1 aliphatic rings. The van der Waals surface area contributed by atoms with Gasteiger partial charge in [-0.2, -0.15) is 13.2 Å². The number of benzene rings is 1. The van der Waals surface area contributed by atoms with Crippen molar-refractivity contribution in [1.29, 1.82) is 0 Å². The number of likely N-dealkylation sites (tertiary alicyclic amines) is 1. The zero-order valence-corrected chi connectivity index (χ0v) is 12.0. The van der Waals surface area contributed by atoms with Gasteiger partial charge in [-0.3, -0.25) is 4.79 Å². The van der Waals surface area contributed by atoms with E-state index in [4.69, 9.17) is 0 Å². The number of carbonyl (C=O) groups is 1. The molecule has 1 heterocycles. The van der Waals surface area contributed by atoms with Gasteiger partial charge in [0.2, 0.25) is 0 Å². The number of alkyl halides is 3. The Kier molecular flexibility index (Phi) is 4.01. The van der Waals surface area contributed by atoms with Crippen molar-refractivity contribution < 1.29 is 26.4 Å². The lowest BCUT2D eigenvalue weighted by molar-refractivity contribution is -0.137. The molecular weight excluding hydrogens is 307 g/mol. The summed E-state index contributed by atoms with van der Waals surface area (Å²) in [7, 11) is -3.26. The highest BCUT2D eigenvalue weighted by Gasteiger charge is 2.34. The van der Waals surface area contributed by atoms with Crippen molar-refractivity contribution >= 4 is 15.7 Å². The highest BCUT2D eigenvalue weighted by atomic mass is 32.2. The third kappa shape index (κ3) is 3.55. The van der Waals surface area contributed by atoms with Crippen molar-refractivity contribution in [3.05, 3.63) is 35.4 Å². The molecule has 0 unspecified atom stereocenters. The summed E-state index contributed by atoms with van der Waals surface area (Å²) in [5.74, 6) is -0.577. The lowest BCUT2D eigenvalue weighted by Gasteiger charge is -2.17. The van der Waals surface area contributed by atoms with Crippen LogP contribution in [0, 0.1) is 0 Å². The van der Waals surface area contributed by atoms with Crippen molar-refractivity contribution in [2.24, 2.45) is 0 Å². The van der Waals surface area contributed by atoms with Gasteiger partial charge in [0, 0.05) is 24.9 Å². The number of hydrogen-bond donors (Lipinski definition) is 0. The molecule has 8 heteroatoms. The fourth-order valence-electron chi connectivity index (χ4n) is 2.27. The van der Waals surface area contributed by atoms with E-state index in [-0.39, 0.29) is 18.7 Å². The molecule has 0 aliphatic carbocycles. The van der Waals surface area contributed by atoms with Gasteiger partial charge < -0.3 is 4.90 Å². The molecule has 21 heavy (non-hydrogen) atoms. The first-order valence-electron chi connectivity index (χ1n) is 6.24. The summed E-state index contributed by atoms with van der Waals surface area (Å²) in [6, 6.07) is 4.14. The van der Waals surface area contributed by atoms with Crippen molar-refractivity contribution in [3.8, 4) is 0 Å². The number of carbonyl (C=O) groups excluding carboxylic acids is 1. The Morgan fingerprint density at radius 1 is 1.33 bits per heavy atom. The Morgan fingerprint density at radius 3 is 2.52 bits per heavy atom. The molecule has 1 saturated heterocycles. The van der Waals surface area contributed by atoms with Gasteiger partial charge in [0.05, 0.1) is 10.8 Å². The van der Waals surface area contributed by atoms with Crippen molar-refractivity contribution in [3.63, 3.8) is 0 Å². The monoisotopic (exact) mass is 321 g/mol. The highest BCUT2D eigenvalue weighted by Crippen LogP contribution is 2.30. The van der Waals surface area contributed by atoms with Crippen LogP contribution in [0.25, 0.3) is 0 Å². The van der Waals surface area contributed by atoms with Gasteiger partial charge >= 0.3 is 6.18 Å². The van der Waals surface area contributed by atoms with E-state index in [9.17, 15) is 26.4 Å². The Hall–Kier alpha value is -1.57. The van der Waals surface area contributed by atoms with E-state index in [0.717, 1.165) is 18.4 Å². The topological polar surface area (TPSA) is 54.5 Å². The SMILES string of the molecule is CS(=O)(=O)[C@H]1CCN(C(=O)c2cccc(C(F)(F)F)c2)C1. The number of hydrogen-bond acceptors (Lipinski definition) is 3. The lowest BCUT2D eigenvalue weighted by atomic mass is 10.1. The van der Waals surface area contributed by atoms with Gasteiger partial charge in [0.1, 0.15) is 0 Å². The maximum atomic E-state index is 12.6. The minimum absolute atomic E-state index is 0.0217. The molecule has 1 atom stereocenters. The van der Waals surface area contributed by atoms with Crippen molar-refractivity contribution in [2.45, 2.75) is 17.8 Å². The average Bonchev–Trinajstić information content (AvgIpc) is 2.86. The molecule has 0 radical (unpaired) electrons. The zero-order valence-electron chi connectivity index (χ0n) is 11.2. The molecule has 2 rings (SSSR count). The minimum Gasteiger partial charge on any atom is -0.337 e. The smallest absolute Gasteiger partial charge is 0.337 e. The maximum Gasteiger partial charge on any atom is 0.416 e. The van der Waals surface area contributed by atoms with Crippen LogP contribution in [0.4, 0.5) is 13.2 Å². The predicted octanol–water partition coefficient (Wildman–Crippen LogP) is 1.96. The van der Waals surface area contributed by atoms with Crippen LogP contribution < -0.4 is 0 Å². The first-order valence-corrected chi connectivity index (χ1v) is 8.20. The largest absolute Gasteiger partial charge is 0.416 e. The number of rotatable bonds is 2. The maximum absolute atomic E-state index is 12.6. The van der Waals surface area contributed by atoms with E-state index in [1.54, 1.807) is 0 Å². The molecule has 1 aromatic carbocycles. The minimum atomic E-state index is -4.52. The summed E-state index contributed by atoms with van der Waals surface area (Å²) in [4.78, 5) is 13.4. The fourth-order valence-corrected chi connectivity index (χ4v) is 3.26. The van der Waals surface area contributed by atoms with E-state index in [1.165, 1.54) is 17.0 Å². The van der Waals surface area contributed by atoms with Crippen molar-refractivity contribution in [2.75, 3.05) is 19.3 Å². The van der Waals surface area contributed by atoms with Crippen LogP contribution >= 0.6 is 0 Å². The number of halogens is 3. The Labute approximate surface area is 120 Å². The molecule has 1 aromatic rings. The number of nitrogens with zero attached hydrogens (tertiary/aromatic N) is 1. The van der Waals surface area contributed by atoms with Gasteiger partial charge in [0.25, 0.3) is 5.91 Å². The summed E-state index contributed by atoms with van der Waals surface area (Å²) in [5, 5.41) is -0.646. The molecule has 116 valence electrons. The van der Waals surface area contributed by atoms with Crippen LogP contribution in [-0.4, -0.2) is 43.8 Å². The van der Waals surface area contributed by atoms with Crippen LogP contribution in [0.3, 0.4) is 0 Å². The molecule has 4 nitrogen and oxygen atoms in total. The van der Waals surface area contributed by atoms with E-state index >= 15 is 0 Å². The zero-order chi connectivity index (χ0) is 15.8. The van der Waals surface area contributed by atoms with Crippen LogP contribution in [0.1, 0.15) is 22.3 Å². The predicted molar refractivity (Wildman–Crippen MR) is 70.6 cm³/mol. The third-order valence-corrected chi connectivity index (χ3v) is 5.07. The molecule has 0 N–H and O–H groups in total. The Bertz CT molecular complexity index is 655. The number of amides is 1. The Morgan fingerprint density at radius 2 is 2.00 bits per heavy atom. The average molecular weight is 321 g/mol. The molecule has 0 spiro atoms. The summed E-state index contributed by atoms with van der Waals surface area (Å²) in [5.41, 5.74) is -0.980. The third-order valence-electron chi connectivity index (χ3n) is 3.47. The molecule has 1 aliphatic heterocycles. The molecule has 1 amide bonds. The molecule has 0 saturated carbocycles. The van der Waals surface area contributed by atoms with Crippen LogP contribution in [0.15, 0.2) is 24.3 Å². The summed E-state index contributed by atoms with van der Waals surface area (Å²) in [6.45, 7) is 0.251. The van der Waals surface area contributed by atoms with Crippen LogP contribution in [-0.2, 0) is 16.0 Å². The van der Waals surface area contributed by atoms with Gasteiger partial charge in [0.15, 0.2) is 9.84 Å². The second kappa shape index (κ2) is 5.32. The first-order chi connectivity index (χ1) is 9.59. The molecular formula is C13H14F3NO3S. The van der Waals surface area contributed by atoms with E-state index < -0.39 is 32.7 Å². The van der Waals surface area contributed by atoms with E-state index in [0.29, 0.717) is 6.42 Å². The van der Waals surface area contributed by atoms with Gasteiger partial charge in [-0.15, -0.1) is 0 Å². The van der Waals surface area contributed by atoms with E-state index in [2.05, 4.69) is 0 Å². The first kappa shape index (κ1) is 15.8. The van der Waals surface area contributed by atoms with E-state index in [1.807, 2.05) is 0 Å². The lowest BCUT2D eigenvalue weighted by Crippen LogP contribution is -2.31. The Balaban J connectivity index is 2.19. The van der Waals surface area contributed by atoms with Gasteiger partial charge in [-0.25, -0.2) is 8.42 Å². The number of sulfone groups is 1. The fraction of sp³-hybridized carbons (Fsp3) is 0.462. The highest BCUT2D eigenvalue weighted by molar-refractivity contribution is 7.91. The summed E-state index contributed by atoms with van der Waals surface area (Å²) >= 11 is 0. The molecule has 0 aromatic heterocycles. The van der Waals surface area contributed by atoms with Crippen molar-refractivity contribution in [1.82, 2.24) is 4.90 Å².